The standard InChI is InChI=1S/C9H7FO/c10-9-6-2-1-4-8(9)5-3-7-11/h1-2,4,6,11H,7H2. The SMILES string of the molecule is OCC#Cc1ccccc1F. The van der Waals surface area contributed by atoms with Crippen LogP contribution >= 0.6 is 0 Å². The van der Waals surface area contributed by atoms with Gasteiger partial charge in [0.25, 0.3) is 0 Å². The van der Waals surface area contributed by atoms with Gasteiger partial charge >= 0.3 is 0 Å². The molecular weight excluding hydrogens is 143 g/mol. The van der Waals surface area contributed by atoms with E-state index in [-0.39, 0.29) is 12.4 Å². The molecule has 0 saturated heterocycles. The molecule has 0 heterocycles. The van der Waals surface area contributed by atoms with Gasteiger partial charge in [-0.25, -0.2) is 4.39 Å². The summed E-state index contributed by atoms with van der Waals surface area (Å²) in [5.41, 5.74) is 0.321. The van der Waals surface area contributed by atoms with Crippen molar-refractivity contribution >= 4 is 0 Å². The Morgan fingerprint density at radius 3 is 2.73 bits per heavy atom. The molecule has 1 aromatic carbocycles. The molecule has 1 aromatic rings. The molecule has 0 saturated carbocycles. The monoisotopic (exact) mass is 150 g/mol. The van der Waals surface area contributed by atoms with E-state index >= 15 is 0 Å². The van der Waals surface area contributed by atoms with Gasteiger partial charge in [-0.2, -0.15) is 0 Å². The highest BCUT2D eigenvalue weighted by molar-refractivity contribution is 5.35. The lowest BCUT2D eigenvalue weighted by molar-refractivity contribution is 0.350. The maximum Gasteiger partial charge on any atom is 0.138 e. The molecular formula is C9H7FO. The summed E-state index contributed by atoms with van der Waals surface area (Å²) >= 11 is 0. The third kappa shape index (κ3) is 2.06. The van der Waals surface area contributed by atoms with Crippen molar-refractivity contribution in [1.29, 1.82) is 0 Å². The summed E-state index contributed by atoms with van der Waals surface area (Å²) < 4.78 is 12.7. The van der Waals surface area contributed by atoms with E-state index in [1.165, 1.54) is 6.07 Å². The Balaban J connectivity index is 2.95. The summed E-state index contributed by atoms with van der Waals surface area (Å²) in [6.45, 7) is -0.242. The molecule has 1 N–H and O–H groups in total. The molecule has 1 rings (SSSR count). The number of halogens is 1. The number of aliphatic hydroxyl groups excluding tert-OH is 1. The summed E-state index contributed by atoms with van der Waals surface area (Å²) in [7, 11) is 0. The number of hydrogen-bond acceptors (Lipinski definition) is 1. The van der Waals surface area contributed by atoms with Gasteiger partial charge in [-0.3, -0.25) is 0 Å². The normalized spacial score (nSPS) is 8.55. The van der Waals surface area contributed by atoms with Crippen LogP contribution in [0.1, 0.15) is 5.56 Å². The molecule has 0 aliphatic carbocycles. The van der Waals surface area contributed by atoms with Gasteiger partial charge in [0.15, 0.2) is 0 Å². The third-order valence-electron chi connectivity index (χ3n) is 1.18. The Labute approximate surface area is 64.5 Å². The largest absolute Gasteiger partial charge is 0.384 e. The van der Waals surface area contributed by atoms with Crippen LogP contribution in [0.15, 0.2) is 24.3 Å². The van der Waals surface area contributed by atoms with Gasteiger partial charge in [0, 0.05) is 0 Å². The second-order valence-electron chi connectivity index (χ2n) is 1.94. The molecule has 0 spiro atoms. The van der Waals surface area contributed by atoms with Crippen LogP contribution in [0.25, 0.3) is 0 Å². The van der Waals surface area contributed by atoms with Crippen molar-refractivity contribution in [3.63, 3.8) is 0 Å². The van der Waals surface area contributed by atoms with Gasteiger partial charge in [0.2, 0.25) is 0 Å². The van der Waals surface area contributed by atoms with Crippen molar-refractivity contribution in [1.82, 2.24) is 0 Å². The fourth-order valence-corrected chi connectivity index (χ4v) is 0.697. The molecule has 0 bridgehead atoms. The second kappa shape index (κ2) is 3.75. The Hall–Kier alpha value is -1.33. The lowest BCUT2D eigenvalue weighted by atomic mass is 10.2. The van der Waals surface area contributed by atoms with E-state index in [0.29, 0.717) is 5.56 Å². The van der Waals surface area contributed by atoms with Gasteiger partial charge < -0.3 is 5.11 Å². The number of hydrogen-bond donors (Lipinski definition) is 1. The minimum absolute atomic E-state index is 0.242. The first-order valence-electron chi connectivity index (χ1n) is 3.19. The van der Waals surface area contributed by atoms with Crippen molar-refractivity contribution in [3.05, 3.63) is 35.6 Å². The molecule has 0 aliphatic rings. The molecule has 11 heavy (non-hydrogen) atoms. The summed E-state index contributed by atoms with van der Waals surface area (Å²) in [6, 6.07) is 6.20. The van der Waals surface area contributed by atoms with Crippen LogP contribution in [0, 0.1) is 17.7 Å². The van der Waals surface area contributed by atoms with Crippen molar-refractivity contribution < 1.29 is 9.50 Å². The van der Waals surface area contributed by atoms with Crippen molar-refractivity contribution in [2.75, 3.05) is 6.61 Å². The zero-order chi connectivity index (χ0) is 8.10. The summed E-state index contributed by atoms with van der Waals surface area (Å²) in [5, 5.41) is 8.32. The molecule has 0 fully saturated rings. The fourth-order valence-electron chi connectivity index (χ4n) is 0.697. The Morgan fingerprint density at radius 1 is 1.36 bits per heavy atom. The molecule has 0 unspecified atom stereocenters. The fraction of sp³-hybridized carbons (Fsp3) is 0.111. The first kappa shape index (κ1) is 7.77. The van der Waals surface area contributed by atoms with E-state index < -0.39 is 0 Å². The number of aliphatic hydroxyl groups is 1. The Morgan fingerprint density at radius 2 is 2.09 bits per heavy atom. The van der Waals surface area contributed by atoms with E-state index in [9.17, 15) is 4.39 Å². The highest BCUT2D eigenvalue weighted by Crippen LogP contribution is 2.03. The van der Waals surface area contributed by atoms with Crippen LogP contribution < -0.4 is 0 Å². The average Bonchev–Trinajstić information content (AvgIpc) is 2.03. The predicted molar refractivity (Wildman–Crippen MR) is 40.4 cm³/mol. The molecule has 0 amide bonds. The van der Waals surface area contributed by atoms with Crippen molar-refractivity contribution in [2.45, 2.75) is 0 Å². The first-order chi connectivity index (χ1) is 5.34. The minimum Gasteiger partial charge on any atom is -0.384 e. The highest BCUT2D eigenvalue weighted by Gasteiger charge is 1.93. The van der Waals surface area contributed by atoms with E-state index in [2.05, 4.69) is 11.8 Å². The quantitative estimate of drug-likeness (QED) is 0.550. The smallest absolute Gasteiger partial charge is 0.138 e. The molecule has 0 radical (unpaired) electrons. The Kier molecular flexibility index (Phi) is 2.65. The molecule has 56 valence electrons. The first-order valence-corrected chi connectivity index (χ1v) is 3.19. The van der Waals surface area contributed by atoms with Gasteiger partial charge in [-0.1, -0.05) is 24.0 Å². The molecule has 0 aliphatic heterocycles. The molecule has 0 aromatic heterocycles. The van der Waals surface area contributed by atoms with Gasteiger partial charge in [0.05, 0.1) is 5.56 Å². The van der Waals surface area contributed by atoms with Crippen LogP contribution in [-0.4, -0.2) is 11.7 Å². The van der Waals surface area contributed by atoms with Gasteiger partial charge in [-0.15, -0.1) is 0 Å². The maximum absolute atomic E-state index is 12.7. The molecule has 1 nitrogen and oxygen atoms in total. The van der Waals surface area contributed by atoms with Crippen LogP contribution in [0.2, 0.25) is 0 Å². The lowest BCUT2D eigenvalue weighted by Crippen LogP contribution is -1.81. The van der Waals surface area contributed by atoms with E-state index in [1.807, 2.05) is 0 Å². The maximum atomic E-state index is 12.7. The topological polar surface area (TPSA) is 20.2 Å². The Bertz CT molecular complexity index is 296. The zero-order valence-electron chi connectivity index (χ0n) is 5.84. The summed E-state index contributed by atoms with van der Waals surface area (Å²) in [5.74, 6) is 4.51. The van der Waals surface area contributed by atoms with Crippen LogP contribution in [-0.2, 0) is 0 Å². The highest BCUT2D eigenvalue weighted by atomic mass is 19.1. The van der Waals surface area contributed by atoms with Crippen molar-refractivity contribution in [3.8, 4) is 11.8 Å². The average molecular weight is 150 g/mol. The number of rotatable bonds is 0. The minimum atomic E-state index is -0.353. The second-order valence-corrected chi connectivity index (χ2v) is 1.94. The van der Waals surface area contributed by atoms with Crippen LogP contribution in [0.4, 0.5) is 4.39 Å². The number of benzene rings is 1. The van der Waals surface area contributed by atoms with E-state index in [4.69, 9.17) is 5.11 Å². The van der Waals surface area contributed by atoms with Crippen LogP contribution in [0.5, 0.6) is 0 Å². The lowest BCUT2D eigenvalue weighted by Gasteiger charge is -1.89. The van der Waals surface area contributed by atoms with E-state index in [0.717, 1.165) is 0 Å². The molecule has 0 atom stereocenters. The third-order valence-corrected chi connectivity index (χ3v) is 1.18. The molecule has 2 heteroatoms. The predicted octanol–water partition coefficient (Wildman–Crippen LogP) is 1.17. The van der Waals surface area contributed by atoms with E-state index in [1.54, 1.807) is 18.2 Å². The van der Waals surface area contributed by atoms with Crippen molar-refractivity contribution in [2.24, 2.45) is 0 Å². The zero-order valence-corrected chi connectivity index (χ0v) is 5.84. The van der Waals surface area contributed by atoms with Gasteiger partial charge in [-0.05, 0) is 12.1 Å². The summed E-state index contributed by atoms with van der Waals surface area (Å²) in [6.07, 6.45) is 0. The van der Waals surface area contributed by atoms with Crippen LogP contribution in [0.3, 0.4) is 0 Å². The summed E-state index contributed by atoms with van der Waals surface area (Å²) in [4.78, 5) is 0. The van der Waals surface area contributed by atoms with Gasteiger partial charge in [0.1, 0.15) is 12.4 Å².